The maximum Gasteiger partial charge on any atom is 0.282 e. The topological polar surface area (TPSA) is 73.9 Å². The highest BCUT2D eigenvalue weighted by molar-refractivity contribution is 9.10. The zero-order valence-corrected chi connectivity index (χ0v) is 20.3. The Labute approximate surface area is 199 Å². The van der Waals surface area contributed by atoms with Crippen molar-refractivity contribution in [2.24, 2.45) is 0 Å². The number of halogens is 1. The van der Waals surface area contributed by atoms with E-state index in [0.29, 0.717) is 29.2 Å². The molecule has 1 fully saturated rings. The van der Waals surface area contributed by atoms with Crippen LogP contribution in [0, 0.1) is 0 Å². The highest BCUT2D eigenvalue weighted by Crippen LogP contribution is 2.29. The predicted octanol–water partition coefficient (Wildman–Crippen LogP) is 4.25. The molecule has 1 aliphatic heterocycles. The molecule has 0 bridgehead atoms. The van der Waals surface area contributed by atoms with E-state index in [1.54, 1.807) is 14.2 Å². The number of nitrogens with zero attached hydrogens (tertiary/aromatic N) is 5. The largest absolute Gasteiger partial charge is 0.493 e. The van der Waals surface area contributed by atoms with Gasteiger partial charge in [0.05, 0.1) is 31.7 Å². The molecule has 0 aliphatic carbocycles. The van der Waals surface area contributed by atoms with Crippen LogP contribution >= 0.6 is 15.9 Å². The molecule has 0 radical (unpaired) electrons. The van der Waals surface area contributed by atoms with E-state index in [1.807, 2.05) is 45.5 Å². The number of methoxy groups -OCH3 is 2. The molecule has 1 aliphatic rings. The van der Waals surface area contributed by atoms with Crippen LogP contribution in [0.5, 0.6) is 11.5 Å². The fraction of sp³-hybridized carbons (Fsp3) is 0.375. The van der Waals surface area contributed by atoms with Crippen molar-refractivity contribution in [3.8, 4) is 11.5 Å². The Hall–Kier alpha value is -3.07. The van der Waals surface area contributed by atoms with Crippen molar-refractivity contribution >= 4 is 38.6 Å². The summed E-state index contributed by atoms with van der Waals surface area (Å²) in [6, 6.07) is 11.5. The van der Waals surface area contributed by atoms with Gasteiger partial charge in [-0.05, 0) is 48.7 Å². The van der Waals surface area contributed by atoms with Gasteiger partial charge >= 0.3 is 0 Å². The van der Waals surface area contributed by atoms with Crippen molar-refractivity contribution in [3.05, 3.63) is 56.8 Å². The van der Waals surface area contributed by atoms with E-state index in [2.05, 4.69) is 25.8 Å². The summed E-state index contributed by atoms with van der Waals surface area (Å²) < 4.78 is 15.5. The number of anilines is 1. The second kappa shape index (κ2) is 9.05. The average molecular weight is 512 g/mol. The smallest absolute Gasteiger partial charge is 0.282 e. The van der Waals surface area contributed by atoms with Crippen LogP contribution in [0.25, 0.3) is 16.7 Å². The standard InChI is InChI=1S/C24H26BrN5O3/c1-32-20-10-7-16(13-21(20)33-2)15-29-23-26-22(31)18-14-17(25)8-9-19(18)30(23)24(27-29)28-11-5-3-4-6-12-28/h7-10,13-14H,3-6,11-12,15H2,1-2H3. The van der Waals surface area contributed by atoms with Gasteiger partial charge in [-0.1, -0.05) is 34.8 Å². The second-order valence-corrected chi connectivity index (χ2v) is 9.18. The molecule has 0 spiro atoms. The van der Waals surface area contributed by atoms with Gasteiger partial charge in [0.25, 0.3) is 5.56 Å². The quantitative estimate of drug-likeness (QED) is 0.398. The van der Waals surface area contributed by atoms with Gasteiger partial charge in [0.1, 0.15) is 0 Å². The van der Waals surface area contributed by atoms with Crippen molar-refractivity contribution in [1.29, 1.82) is 0 Å². The van der Waals surface area contributed by atoms with Gasteiger partial charge < -0.3 is 14.4 Å². The molecule has 3 heterocycles. The Balaban J connectivity index is 1.70. The molecular weight excluding hydrogens is 486 g/mol. The minimum Gasteiger partial charge on any atom is -0.493 e. The van der Waals surface area contributed by atoms with Crippen LogP contribution in [0.15, 0.2) is 45.7 Å². The van der Waals surface area contributed by atoms with Gasteiger partial charge in [-0.2, -0.15) is 4.98 Å². The summed E-state index contributed by atoms with van der Waals surface area (Å²) in [4.78, 5) is 19.7. The Kier molecular flexibility index (Phi) is 5.97. The molecule has 0 amide bonds. The summed E-state index contributed by atoms with van der Waals surface area (Å²) in [7, 11) is 3.24. The summed E-state index contributed by atoms with van der Waals surface area (Å²) in [5, 5.41) is 5.55. The molecule has 1 saturated heterocycles. The van der Waals surface area contributed by atoms with E-state index in [4.69, 9.17) is 14.6 Å². The lowest BCUT2D eigenvalue weighted by Gasteiger charge is -2.20. The average Bonchev–Trinajstić information content (AvgIpc) is 2.99. The third kappa shape index (κ3) is 4.06. The zero-order valence-electron chi connectivity index (χ0n) is 18.8. The normalized spacial score (nSPS) is 14.6. The molecule has 0 N–H and O–H groups in total. The molecule has 0 saturated carbocycles. The summed E-state index contributed by atoms with van der Waals surface area (Å²) in [5.74, 6) is 2.68. The Morgan fingerprint density at radius 1 is 0.970 bits per heavy atom. The molecule has 2 aromatic carbocycles. The van der Waals surface area contributed by atoms with Gasteiger partial charge in [-0.3, -0.25) is 4.79 Å². The molecule has 0 atom stereocenters. The lowest BCUT2D eigenvalue weighted by Crippen LogP contribution is -2.26. The summed E-state index contributed by atoms with van der Waals surface area (Å²) in [6.45, 7) is 2.32. The molecule has 5 rings (SSSR count). The fourth-order valence-electron chi connectivity index (χ4n) is 4.48. The van der Waals surface area contributed by atoms with Crippen LogP contribution in [-0.4, -0.2) is 46.5 Å². The summed E-state index contributed by atoms with van der Waals surface area (Å²) >= 11 is 3.48. The Morgan fingerprint density at radius 3 is 2.45 bits per heavy atom. The second-order valence-electron chi connectivity index (χ2n) is 8.26. The lowest BCUT2D eigenvalue weighted by atomic mass is 10.2. The third-order valence-corrected chi connectivity index (χ3v) is 6.63. The van der Waals surface area contributed by atoms with Crippen molar-refractivity contribution in [3.63, 3.8) is 0 Å². The van der Waals surface area contributed by atoms with E-state index in [9.17, 15) is 4.79 Å². The predicted molar refractivity (Wildman–Crippen MR) is 132 cm³/mol. The molecule has 0 unspecified atom stereocenters. The number of hydrogen-bond donors (Lipinski definition) is 0. The highest BCUT2D eigenvalue weighted by Gasteiger charge is 2.22. The zero-order chi connectivity index (χ0) is 22.9. The first-order chi connectivity index (χ1) is 16.1. The first-order valence-corrected chi connectivity index (χ1v) is 11.9. The first-order valence-electron chi connectivity index (χ1n) is 11.1. The fourth-order valence-corrected chi connectivity index (χ4v) is 4.85. The number of rotatable bonds is 5. The van der Waals surface area contributed by atoms with Gasteiger partial charge in [-0.25, -0.2) is 9.08 Å². The monoisotopic (exact) mass is 511 g/mol. The van der Waals surface area contributed by atoms with Crippen molar-refractivity contribution in [2.75, 3.05) is 32.2 Å². The van der Waals surface area contributed by atoms with E-state index in [1.165, 1.54) is 12.8 Å². The van der Waals surface area contributed by atoms with E-state index in [0.717, 1.165) is 47.4 Å². The van der Waals surface area contributed by atoms with Crippen LogP contribution in [0.2, 0.25) is 0 Å². The van der Waals surface area contributed by atoms with Crippen LogP contribution in [0.4, 0.5) is 5.95 Å². The first kappa shape index (κ1) is 21.8. The molecular formula is C24H26BrN5O3. The van der Waals surface area contributed by atoms with Crippen LogP contribution in [-0.2, 0) is 6.54 Å². The Bertz CT molecular complexity index is 1370. The number of aromatic nitrogens is 4. The highest BCUT2D eigenvalue weighted by atomic mass is 79.9. The summed E-state index contributed by atoms with van der Waals surface area (Å²) in [5.41, 5.74) is 1.53. The Morgan fingerprint density at radius 2 is 1.73 bits per heavy atom. The van der Waals surface area contributed by atoms with Gasteiger partial charge in [0.15, 0.2) is 11.5 Å². The van der Waals surface area contributed by atoms with Crippen LogP contribution < -0.4 is 19.9 Å². The van der Waals surface area contributed by atoms with Crippen molar-refractivity contribution in [1.82, 2.24) is 19.2 Å². The number of benzene rings is 2. The lowest BCUT2D eigenvalue weighted by molar-refractivity contribution is 0.354. The van der Waals surface area contributed by atoms with Crippen molar-refractivity contribution < 1.29 is 9.47 Å². The van der Waals surface area contributed by atoms with Gasteiger partial charge in [-0.15, -0.1) is 5.10 Å². The van der Waals surface area contributed by atoms with Gasteiger partial charge in [0.2, 0.25) is 11.7 Å². The molecule has 33 heavy (non-hydrogen) atoms. The molecule has 4 aromatic rings. The molecule has 9 heteroatoms. The number of ether oxygens (including phenoxy) is 2. The minimum atomic E-state index is -0.262. The van der Waals surface area contributed by atoms with E-state index >= 15 is 0 Å². The molecule has 172 valence electrons. The third-order valence-electron chi connectivity index (χ3n) is 6.14. The number of hydrogen-bond acceptors (Lipinski definition) is 6. The van der Waals surface area contributed by atoms with E-state index in [-0.39, 0.29) is 5.56 Å². The van der Waals surface area contributed by atoms with Gasteiger partial charge in [0, 0.05) is 17.6 Å². The van der Waals surface area contributed by atoms with E-state index < -0.39 is 0 Å². The maximum absolute atomic E-state index is 12.9. The van der Waals surface area contributed by atoms with Crippen LogP contribution in [0.3, 0.4) is 0 Å². The maximum atomic E-state index is 12.9. The SMILES string of the molecule is COc1ccc(Cn2nc(N3CCCCCC3)n3c4ccc(Br)cc4c(=O)nc23)cc1OC. The van der Waals surface area contributed by atoms with Crippen LogP contribution in [0.1, 0.15) is 31.2 Å². The molecule has 2 aromatic heterocycles. The number of fused-ring (bicyclic) bond motifs is 3. The molecule has 8 nitrogen and oxygen atoms in total. The summed E-state index contributed by atoms with van der Waals surface area (Å²) in [6.07, 6.45) is 4.70. The minimum absolute atomic E-state index is 0.262. The van der Waals surface area contributed by atoms with Crippen molar-refractivity contribution in [2.45, 2.75) is 32.2 Å².